The van der Waals surface area contributed by atoms with Gasteiger partial charge in [-0.1, -0.05) is 15.9 Å². The van der Waals surface area contributed by atoms with Gasteiger partial charge in [0.2, 0.25) is 0 Å². The molecule has 0 aliphatic rings. The van der Waals surface area contributed by atoms with Crippen LogP contribution in [0.25, 0.3) is 0 Å². The fourth-order valence-electron chi connectivity index (χ4n) is 1.86. The van der Waals surface area contributed by atoms with Gasteiger partial charge in [0.05, 0.1) is 16.3 Å². The quantitative estimate of drug-likeness (QED) is 0.808. The maximum atomic E-state index is 13.5. The van der Waals surface area contributed by atoms with E-state index < -0.39 is 15.8 Å². The van der Waals surface area contributed by atoms with Crippen LogP contribution in [0.3, 0.4) is 0 Å². The molecule has 0 radical (unpaired) electrons. The van der Waals surface area contributed by atoms with E-state index in [2.05, 4.69) is 20.7 Å². The predicted molar refractivity (Wildman–Crippen MR) is 85.2 cm³/mol. The molecule has 2 rings (SSSR count). The molecular weight excluding hydrogens is 359 g/mol. The third-order valence-corrected chi connectivity index (χ3v) is 4.84. The van der Waals surface area contributed by atoms with Crippen molar-refractivity contribution in [1.82, 2.24) is 0 Å². The summed E-state index contributed by atoms with van der Waals surface area (Å²) in [6.45, 7) is 3.25. The molecule has 0 aliphatic heterocycles. The standard InChI is InChI=1S/C14H14BrFN2O2S/c1-8-5-10(15)3-4-13(8)18-21(19,20)11-6-9(2)14(16)12(17)7-11/h3-7,18H,17H2,1-2H3. The van der Waals surface area contributed by atoms with E-state index in [1.165, 1.54) is 13.0 Å². The Morgan fingerprint density at radius 1 is 1.14 bits per heavy atom. The van der Waals surface area contributed by atoms with Crippen LogP contribution in [0, 0.1) is 19.7 Å². The van der Waals surface area contributed by atoms with E-state index in [1.54, 1.807) is 25.1 Å². The number of halogens is 2. The van der Waals surface area contributed by atoms with Gasteiger partial charge in [0, 0.05) is 4.47 Å². The second kappa shape index (κ2) is 5.65. The van der Waals surface area contributed by atoms with E-state index in [1.807, 2.05) is 0 Å². The summed E-state index contributed by atoms with van der Waals surface area (Å²) in [6, 6.07) is 7.54. The number of nitrogens with two attached hydrogens (primary N) is 1. The van der Waals surface area contributed by atoms with Crippen LogP contribution in [0.5, 0.6) is 0 Å². The molecule has 0 bridgehead atoms. The molecule has 0 aliphatic carbocycles. The third kappa shape index (κ3) is 3.36. The van der Waals surface area contributed by atoms with Gasteiger partial charge in [-0.2, -0.15) is 0 Å². The van der Waals surface area contributed by atoms with Gasteiger partial charge in [0.1, 0.15) is 5.82 Å². The van der Waals surface area contributed by atoms with Gasteiger partial charge in [-0.3, -0.25) is 4.72 Å². The first-order valence-corrected chi connectivity index (χ1v) is 8.33. The lowest BCUT2D eigenvalue weighted by Gasteiger charge is -2.12. The van der Waals surface area contributed by atoms with Crippen molar-refractivity contribution in [3.8, 4) is 0 Å². The highest BCUT2D eigenvalue weighted by molar-refractivity contribution is 9.10. The van der Waals surface area contributed by atoms with Gasteiger partial charge in [-0.15, -0.1) is 0 Å². The normalized spacial score (nSPS) is 11.4. The maximum absolute atomic E-state index is 13.5. The Morgan fingerprint density at radius 2 is 1.81 bits per heavy atom. The summed E-state index contributed by atoms with van der Waals surface area (Å²) >= 11 is 3.31. The minimum absolute atomic E-state index is 0.0683. The van der Waals surface area contributed by atoms with Crippen molar-refractivity contribution >= 4 is 37.3 Å². The molecule has 0 saturated carbocycles. The summed E-state index contributed by atoms with van der Waals surface area (Å²) in [5.41, 5.74) is 6.70. The Morgan fingerprint density at radius 3 is 2.38 bits per heavy atom. The van der Waals surface area contributed by atoms with Gasteiger partial charge in [0.25, 0.3) is 10.0 Å². The number of nitrogen functional groups attached to an aromatic ring is 1. The molecule has 112 valence electrons. The van der Waals surface area contributed by atoms with Crippen LogP contribution in [0.4, 0.5) is 15.8 Å². The second-order valence-electron chi connectivity index (χ2n) is 4.71. The second-order valence-corrected chi connectivity index (χ2v) is 7.31. The number of hydrogen-bond donors (Lipinski definition) is 2. The first-order valence-electron chi connectivity index (χ1n) is 6.05. The summed E-state index contributed by atoms with van der Waals surface area (Å²) in [5, 5.41) is 0. The molecule has 3 N–H and O–H groups in total. The Labute approximate surface area is 131 Å². The Kier molecular flexibility index (Phi) is 4.25. The van der Waals surface area contributed by atoms with E-state index in [9.17, 15) is 12.8 Å². The summed E-state index contributed by atoms with van der Waals surface area (Å²) in [5.74, 6) is -0.603. The average molecular weight is 373 g/mol. The SMILES string of the molecule is Cc1cc(Br)ccc1NS(=O)(=O)c1cc(C)c(F)c(N)c1. The Balaban J connectivity index is 2.43. The number of benzene rings is 2. The van der Waals surface area contributed by atoms with Crippen molar-refractivity contribution < 1.29 is 12.8 Å². The molecule has 0 fully saturated rings. The van der Waals surface area contributed by atoms with Gasteiger partial charge in [-0.05, 0) is 55.3 Å². The van der Waals surface area contributed by atoms with E-state index >= 15 is 0 Å². The van der Waals surface area contributed by atoms with Crippen molar-refractivity contribution in [2.75, 3.05) is 10.5 Å². The lowest BCUT2D eigenvalue weighted by atomic mass is 10.2. The molecule has 0 spiro atoms. The number of rotatable bonds is 3. The highest BCUT2D eigenvalue weighted by atomic mass is 79.9. The van der Waals surface area contributed by atoms with Crippen LogP contribution >= 0.6 is 15.9 Å². The van der Waals surface area contributed by atoms with Crippen molar-refractivity contribution in [3.63, 3.8) is 0 Å². The fourth-order valence-corrected chi connectivity index (χ4v) is 3.59. The van der Waals surface area contributed by atoms with E-state index in [0.29, 0.717) is 5.69 Å². The van der Waals surface area contributed by atoms with Crippen LogP contribution in [0.2, 0.25) is 0 Å². The average Bonchev–Trinajstić information content (AvgIpc) is 2.38. The van der Waals surface area contributed by atoms with Gasteiger partial charge in [-0.25, -0.2) is 12.8 Å². The molecule has 0 aromatic heterocycles. The van der Waals surface area contributed by atoms with Crippen molar-refractivity contribution in [1.29, 1.82) is 0 Å². The summed E-state index contributed by atoms with van der Waals surface area (Å²) < 4.78 is 41.5. The van der Waals surface area contributed by atoms with Crippen molar-refractivity contribution in [2.24, 2.45) is 0 Å². The smallest absolute Gasteiger partial charge is 0.261 e. The van der Waals surface area contributed by atoms with Crippen molar-refractivity contribution in [3.05, 3.63) is 51.7 Å². The number of sulfonamides is 1. The Hall–Kier alpha value is -1.60. The van der Waals surface area contributed by atoms with Crippen LogP contribution in [-0.2, 0) is 10.0 Å². The minimum Gasteiger partial charge on any atom is -0.396 e. The molecule has 21 heavy (non-hydrogen) atoms. The molecule has 0 saturated heterocycles. The van der Waals surface area contributed by atoms with Crippen LogP contribution in [0.1, 0.15) is 11.1 Å². The first kappa shape index (κ1) is 15.8. The largest absolute Gasteiger partial charge is 0.396 e. The number of nitrogens with one attached hydrogen (secondary N) is 1. The van der Waals surface area contributed by atoms with Crippen LogP contribution in [0.15, 0.2) is 39.7 Å². The first-order chi connectivity index (χ1) is 9.70. The van der Waals surface area contributed by atoms with Crippen LogP contribution in [-0.4, -0.2) is 8.42 Å². The Bertz CT molecular complexity index is 784. The van der Waals surface area contributed by atoms with Crippen LogP contribution < -0.4 is 10.5 Å². The van der Waals surface area contributed by atoms with Gasteiger partial charge >= 0.3 is 0 Å². The lowest BCUT2D eigenvalue weighted by Crippen LogP contribution is -2.14. The van der Waals surface area contributed by atoms with E-state index in [4.69, 9.17) is 5.73 Å². The summed E-state index contributed by atoms with van der Waals surface area (Å²) in [7, 11) is -3.82. The molecule has 0 atom stereocenters. The summed E-state index contributed by atoms with van der Waals surface area (Å²) in [4.78, 5) is -0.0683. The third-order valence-electron chi connectivity index (χ3n) is 3.00. The number of aryl methyl sites for hydroxylation is 2. The number of anilines is 2. The molecule has 0 heterocycles. The zero-order chi connectivity index (χ0) is 15.8. The van der Waals surface area contributed by atoms with E-state index in [-0.39, 0.29) is 16.1 Å². The molecule has 0 amide bonds. The number of hydrogen-bond acceptors (Lipinski definition) is 3. The maximum Gasteiger partial charge on any atom is 0.261 e. The van der Waals surface area contributed by atoms with Crippen molar-refractivity contribution in [2.45, 2.75) is 18.7 Å². The monoisotopic (exact) mass is 372 g/mol. The highest BCUT2D eigenvalue weighted by Gasteiger charge is 2.18. The summed E-state index contributed by atoms with van der Waals surface area (Å²) in [6.07, 6.45) is 0. The molecule has 0 unspecified atom stereocenters. The fraction of sp³-hybridized carbons (Fsp3) is 0.143. The predicted octanol–water partition coefficient (Wildman–Crippen LogP) is 3.59. The van der Waals surface area contributed by atoms with Gasteiger partial charge in [0.15, 0.2) is 0 Å². The zero-order valence-corrected chi connectivity index (χ0v) is 13.8. The molecular formula is C14H14BrFN2O2S. The molecule has 2 aromatic carbocycles. The molecule has 2 aromatic rings. The van der Waals surface area contributed by atoms with Gasteiger partial charge < -0.3 is 5.73 Å². The molecule has 4 nitrogen and oxygen atoms in total. The zero-order valence-electron chi connectivity index (χ0n) is 11.4. The molecule has 7 heteroatoms. The highest BCUT2D eigenvalue weighted by Crippen LogP contribution is 2.25. The van der Waals surface area contributed by atoms with E-state index in [0.717, 1.165) is 16.1 Å². The topological polar surface area (TPSA) is 72.2 Å². The lowest BCUT2D eigenvalue weighted by molar-refractivity contribution is 0.599. The minimum atomic E-state index is -3.82.